The van der Waals surface area contributed by atoms with Gasteiger partial charge >= 0.3 is 12.0 Å². The molecule has 0 bridgehead atoms. The molecule has 0 fully saturated rings. The lowest BCUT2D eigenvalue weighted by Gasteiger charge is -2.26. The molecule has 2 amide bonds. The summed E-state index contributed by atoms with van der Waals surface area (Å²) in [7, 11) is 1.55. The predicted octanol–water partition coefficient (Wildman–Crippen LogP) is 3.98. The summed E-state index contributed by atoms with van der Waals surface area (Å²) >= 11 is 0. The molecule has 10 nitrogen and oxygen atoms in total. The molecule has 4 heterocycles. The summed E-state index contributed by atoms with van der Waals surface area (Å²) in [4.78, 5) is 32.9. The Labute approximate surface area is 205 Å². The zero-order chi connectivity index (χ0) is 25.2. The van der Waals surface area contributed by atoms with Gasteiger partial charge < -0.3 is 25.0 Å². The molecule has 3 aromatic heterocycles. The third kappa shape index (κ3) is 4.63. The Hall–Kier alpha value is -4.67. The van der Waals surface area contributed by atoms with Crippen molar-refractivity contribution in [2.24, 2.45) is 0 Å². The Morgan fingerprint density at radius 3 is 2.86 bits per heavy atom. The minimum Gasteiger partial charge on any atom is -0.496 e. The molecule has 1 aromatic carbocycles. The van der Waals surface area contributed by atoms with E-state index < -0.39 is 5.97 Å². The van der Waals surface area contributed by atoms with Gasteiger partial charge in [0.15, 0.2) is 0 Å². The number of nitrogens with one attached hydrogen (secondary N) is 2. The molecule has 0 aliphatic carbocycles. The first-order valence-corrected chi connectivity index (χ1v) is 11.2. The number of rotatable bonds is 6. The zero-order valence-electron chi connectivity index (χ0n) is 19.4. The van der Waals surface area contributed by atoms with Crippen molar-refractivity contribution in [1.82, 2.24) is 24.6 Å². The van der Waals surface area contributed by atoms with Crippen molar-refractivity contribution in [2.45, 2.75) is 13.0 Å². The fourth-order valence-electron chi connectivity index (χ4n) is 4.28. The van der Waals surface area contributed by atoms with Crippen LogP contribution in [0, 0.1) is 5.82 Å². The van der Waals surface area contributed by atoms with E-state index >= 15 is 0 Å². The Morgan fingerprint density at radius 2 is 2.11 bits per heavy atom. The first kappa shape index (κ1) is 23.1. The van der Waals surface area contributed by atoms with Gasteiger partial charge in [-0.2, -0.15) is 5.10 Å². The highest BCUT2D eigenvalue weighted by Crippen LogP contribution is 2.36. The topological polar surface area (TPSA) is 125 Å². The minimum atomic E-state index is -1.01. The number of hydrogen-bond donors (Lipinski definition) is 3. The number of carboxylic acid groups (broad SMARTS) is 1. The van der Waals surface area contributed by atoms with Gasteiger partial charge in [-0.15, -0.1) is 0 Å². The number of halogens is 1. The number of nitrogens with zero attached hydrogens (tertiary/aromatic N) is 4. The highest BCUT2D eigenvalue weighted by molar-refractivity contribution is 5.97. The van der Waals surface area contributed by atoms with E-state index in [1.54, 1.807) is 24.3 Å². The zero-order valence-corrected chi connectivity index (χ0v) is 19.4. The van der Waals surface area contributed by atoms with Crippen molar-refractivity contribution in [1.29, 1.82) is 0 Å². The number of pyridine rings is 1. The van der Waals surface area contributed by atoms with E-state index in [0.29, 0.717) is 42.2 Å². The summed E-state index contributed by atoms with van der Waals surface area (Å²) in [6.45, 7) is 0.616. The summed E-state index contributed by atoms with van der Waals surface area (Å²) in [6, 6.07) is 7.93. The molecule has 11 heteroatoms. The molecule has 0 saturated heterocycles. The van der Waals surface area contributed by atoms with Crippen LogP contribution >= 0.6 is 0 Å². The Kier molecular flexibility index (Phi) is 6.11. The van der Waals surface area contributed by atoms with Crippen LogP contribution in [0.3, 0.4) is 0 Å². The number of amides is 2. The van der Waals surface area contributed by atoms with E-state index in [-0.39, 0.29) is 18.4 Å². The minimum absolute atomic E-state index is 0.279. The lowest BCUT2D eigenvalue weighted by atomic mass is 10.0. The van der Waals surface area contributed by atoms with Crippen molar-refractivity contribution in [3.05, 3.63) is 66.5 Å². The predicted molar refractivity (Wildman–Crippen MR) is 131 cm³/mol. The maximum Gasteiger partial charge on any atom is 0.325 e. The first-order chi connectivity index (χ1) is 17.4. The van der Waals surface area contributed by atoms with Crippen molar-refractivity contribution in [3.63, 3.8) is 0 Å². The third-order valence-electron chi connectivity index (χ3n) is 6.01. The van der Waals surface area contributed by atoms with E-state index in [0.717, 1.165) is 22.2 Å². The van der Waals surface area contributed by atoms with Crippen LogP contribution in [0.5, 0.6) is 5.75 Å². The average molecular weight is 490 g/mol. The number of fused-ring (bicyclic) bond motifs is 1. The lowest BCUT2D eigenvalue weighted by Crippen LogP contribution is -2.37. The number of carbonyl (C=O) groups is 2. The normalized spacial score (nSPS) is 13.5. The van der Waals surface area contributed by atoms with Crippen LogP contribution in [0.4, 0.5) is 14.9 Å². The third-order valence-corrected chi connectivity index (χ3v) is 6.01. The fraction of sp³-hybridized carbons (Fsp3) is 0.200. The summed E-state index contributed by atoms with van der Waals surface area (Å²) in [5.74, 6) is -0.799. The second kappa shape index (κ2) is 9.53. The number of carbonyl (C=O) groups excluding carboxylic acids is 1. The molecular weight excluding hydrogens is 467 g/mol. The number of methoxy groups -OCH3 is 1. The Balaban J connectivity index is 1.33. The SMILES string of the molecule is COc1ccc(F)cc1-c1ccnc2[nH]c(C3=CCN(C(=O)Nc4cnn(CC(=O)O)c4)CC3)cc12. The van der Waals surface area contributed by atoms with Crippen LogP contribution in [-0.4, -0.2) is 62.0 Å². The van der Waals surface area contributed by atoms with E-state index in [9.17, 15) is 14.0 Å². The molecule has 0 atom stereocenters. The van der Waals surface area contributed by atoms with Crippen molar-refractivity contribution < 1.29 is 23.8 Å². The van der Waals surface area contributed by atoms with Crippen LogP contribution in [0.15, 0.2) is 55.0 Å². The number of benzene rings is 1. The molecule has 0 radical (unpaired) electrons. The standard InChI is InChI=1S/C25H23FN6O4/c1-36-22-3-2-16(26)10-19(22)18-4-7-27-24-20(18)11-21(30-24)15-5-8-31(9-6-15)25(35)29-17-12-28-32(13-17)14-23(33)34/h2-5,7,10-13H,6,8-9,14H2,1H3,(H,27,30)(H,29,35)(H,33,34). The molecule has 1 aliphatic rings. The van der Waals surface area contributed by atoms with Gasteiger partial charge in [-0.1, -0.05) is 6.08 Å². The molecule has 4 aromatic rings. The van der Waals surface area contributed by atoms with Crippen LogP contribution in [0.1, 0.15) is 12.1 Å². The smallest absolute Gasteiger partial charge is 0.325 e. The molecule has 1 aliphatic heterocycles. The van der Waals surface area contributed by atoms with Gasteiger partial charge in [0.05, 0.1) is 19.0 Å². The van der Waals surface area contributed by atoms with Crippen LogP contribution < -0.4 is 10.1 Å². The van der Waals surface area contributed by atoms with Gasteiger partial charge in [0.2, 0.25) is 0 Å². The van der Waals surface area contributed by atoms with Crippen molar-refractivity contribution in [2.75, 3.05) is 25.5 Å². The first-order valence-electron chi connectivity index (χ1n) is 11.2. The monoisotopic (exact) mass is 490 g/mol. The molecule has 0 spiro atoms. The van der Waals surface area contributed by atoms with Crippen molar-refractivity contribution in [3.8, 4) is 16.9 Å². The van der Waals surface area contributed by atoms with Gasteiger partial charge in [-0.3, -0.25) is 9.48 Å². The van der Waals surface area contributed by atoms with Gasteiger partial charge in [0, 0.05) is 42.1 Å². The summed E-state index contributed by atoms with van der Waals surface area (Å²) in [5, 5.41) is 16.4. The number of aromatic nitrogens is 4. The molecule has 0 unspecified atom stereocenters. The number of aliphatic carboxylic acids is 1. The van der Waals surface area contributed by atoms with Gasteiger partial charge in [0.1, 0.15) is 23.8 Å². The second-order valence-corrected chi connectivity index (χ2v) is 8.32. The molecule has 3 N–H and O–H groups in total. The van der Waals surface area contributed by atoms with Gasteiger partial charge in [-0.25, -0.2) is 14.2 Å². The number of hydrogen-bond acceptors (Lipinski definition) is 5. The second-order valence-electron chi connectivity index (χ2n) is 8.32. The molecule has 0 saturated carbocycles. The number of carboxylic acids is 1. The molecular formula is C25H23FN6O4. The maximum absolute atomic E-state index is 14.0. The van der Waals surface area contributed by atoms with Gasteiger partial charge in [-0.05, 0) is 47.9 Å². The Morgan fingerprint density at radius 1 is 1.25 bits per heavy atom. The number of H-pyrrole nitrogens is 1. The summed E-state index contributed by atoms with van der Waals surface area (Å²) in [6.07, 6.45) is 7.15. The number of anilines is 1. The molecule has 5 rings (SSSR count). The highest BCUT2D eigenvalue weighted by Gasteiger charge is 2.21. The van der Waals surface area contributed by atoms with E-state index in [1.807, 2.05) is 18.2 Å². The molecule has 36 heavy (non-hydrogen) atoms. The van der Waals surface area contributed by atoms with E-state index in [2.05, 4.69) is 20.4 Å². The molecule has 184 valence electrons. The lowest BCUT2D eigenvalue weighted by molar-refractivity contribution is -0.137. The fourth-order valence-corrected chi connectivity index (χ4v) is 4.28. The van der Waals surface area contributed by atoms with E-state index in [4.69, 9.17) is 9.84 Å². The Bertz CT molecular complexity index is 1490. The van der Waals surface area contributed by atoms with Crippen LogP contribution in [0.2, 0.25) is 0 Å². The average Bonchev–Trinajstić information content (AvgIpc) is 3.50. The number of aromatic amines is 1. The maximum atomic E-state index is 14.0. The summed E-state index contributed by atoms with van der Waals surface area (Å²) in [5.41, 5.74) is 4.48. The summed E-state index contributed by atoms with van der Waals surface area (Å²) < 4.78 is 20.7. The largest absolute Gasteiger partial charge is 0.496 e. The highest BCUT2D eigenvalue weighted by atomic mass is 19.1. The van der Waals surface area contributed by atoms with Crippen LogP contribution in [-0.2, 0) is 11.3 Å². The quantitative estimate of drug-likeness (QED) is 0.375. The van der Waals surface area contributed by atoms with E-state index in [1.165, 1.54) is 29.2 Å². The van der Waals surface area contributed by atoms with Crippen molar-refractivity contribution >= 4 is 34.3 Å². The number of urea groups is 1. The van der Waals surface area contributed by atoms with Crippen LogP contribution in [0.25, 0.3) is 27.7 Å². The van der Waals surface area contributed by atoms with Gasteiger partial charge in [0.25, 0.3) is 0 Å². The number of ether oxygens (including phenoxy) is 1.